The van der Waals surface area contributed by atoms with Crippen molar-refractivity contribution in [3.05, 3.63) is 108 Å². The molecule has 0 unspecified atom stereocenters. The highest BCUT2D eigenvalue weighted by molar-refractivity contribution is 9.10. The van der Waals surface area contributed by atoms with Gasteiger partial charge in [0.1, 0.15) is 0 Å². The molecule has 136 valence electrons. The van der Waals surface area contributed by atoms with E-state index >= 15 is 0 Å². The first kappa shape index (κ1) is 16.8. The van der Waals surface area contributed by atoms with Crippen molar-refractivity contribution in [1.82, 2.24) is 0 Å². The largest absolute Gasteiger partial charge is 0.0616 e. The fourth-order valence-corrected chi connectivity index (χ4v) is 4.91. The molecule has 0 N–H and O–H groups in total. The molecule has 0 aromatic heterocycles. The Labute approximate surface area is 177 Å². The van der Waals surface area contributed by atoms with Gasteiger partial charge in [-0.25, -0.2) is 0 Å². The van der Waals surface area contributed by atoms with E-state index in [0.717, 1.165) is 4.47 Å². The predicted molar refractivity (Wildman–Crippen MR) is 130 cm³/mol. The van der Waals surface area contributed by atoms with Gasteiger partial charge in [-0.1, -0.05) is 107 Å². The molecule has 0 bridgehead atoms. The van der Waals surface area contributed by atoms with E-state index < -0.39 is 0 Å². The standard InChI is InChI=1S/C28H17Br/c29-20-15-12-18(13-16-20)21-11-5-6-19-14-17-26-24-9-2-1-7-22(24)23-8-3-4-10-25(23)28(26)27(19)21/h1-17H. The highest BCUT2D eigenvalue weighted by Gasteiger charge is 2.13. The quantitative estimate of drug-likeness (QED) is 0.228. The van der Waals surface area contributed by atoms with Gasteiger partial charge in [0.05, 0.1) is 0 Å². The second-order valence-corrected chi connectivity index (χ2v) is 8.41. The molecule has 0 saturated carbocycles. The third kappa shape index (κ3) is 2.51. The maximum Gasteiger partial charge on any atom is 0.0175 e. The molecule has 6 aromatic rings. The van der Waals surface area contributed by atoms with Crippen molar-refractivity contribution in [2.75, 3.05) is 0 Å². The minimum atomic E-state index is 1.10. The van der Waals surface area contributed by atoms with Crippen LogP contribution in [0, 0.1) is 0 Å². The second kappa shape index (κ2) is 6.43. The van der Waals surface area contributed by atoms with Crippen molar-refractivity contribution < 1.29 is 0 Å². The van der Waals surface area contributed by atoms with Gasteiger partial charge in [-0.2, -0.15) is 0 Å². The lowest BCUT2D eigenvalue weighted by Crippen LogP contribution is -1.88. The molecule has 0 aliphatic carbocycles. The summed E-state index contributed by atoms with van der Waals surface area (Å²) in [6, 6.07) is 37.4. The van der Waals surface area contributed by atoms with Gasteiger partial charge in [0.2, 0.25) is 0 Å². The smallest absolute Gasteiger partial charge is 0.0175 e. The molecule has 0 heterocycles. The summed E-state index contributed by atoms with van der Waals surface area (Å²) in [4.78, 5) is 0. The number of rotatable bonds is 1. The van der Waals surface area contributed by atoms with E-state index in [2.05, 4.69) is 119 Å². The molecular weight excluding hydrogens is 416 g/mol. The van der Waals surface area contributed by atoms with Crippen LogP contribution in [0.3, 0.4) is 0 Å². The molecule has 0 aliphatic heterocycles. The van der Waals surface area contributed by atoms with Gasteiger partial charge >= 0.3 is 0 Å². The number of fused-ring (bicyclic) bond motifs is 8. The van der Waals surface area contributed by atoms with Crippen LogP contribution in [0.1, 0.15) is 0 Å². The molecule has 0 saturated heterocycles. The number of hydrogen-bond acceptors (Lipinski definition) is 0. The summed E-state index contributed by atoms with van der Waals surface area (Å²) < 4.78 is 1.10. The van der Waals surface area contributed by atoms with Crippen LogP contribution in [0.4, 0.5) is 0 Å². The average Bonchev–Trinajstić information content (AvgIpc) is 2.79. The van der Waals surface area contributed by atoms with Crippen LogP contribution in [-0.4, -0.2) is 0 Å². The van der Waals surface area contributed by atoms with Crippen molar-refractivity contribution in [3.8, 4) is 11.1 Å². The van der Waals surface area contributed by atoms with Crippen LogP contribution in [-0.2, 0) is 0 Å². The Balaban J connectivity index is 1.91. The molecule has 0 radical (unpaired) electrons. The Morgan fingerprint density at radius 2 is 1.00 bits per heavy atom. The number of benzene rings is 6. The topological polar surface area (TPSA) is 0 Å². The molecular formula is C28H17Br. The van der Waals surface area contributed by atoms with Crippen LogP contribution in [0.2, 0.25) is 0 Å². The Morgan fingerprint density at radius 3 is 1.69 bits per heavy atom. The summed E-state index contributed by atoms with van der Waals surface area (Å²) in [6.45, 7) is 0. The first-order valence-corrected chi connectivity index (χ1v) is 10.6. The summed E-state index contributed by atoms with van der Waals surface area (Å²) in [5.41, 5.74) is 2.52. The molecule has 0 spiro atoms. The molecule has 1 heteroatoms. The Morgan fingerprint density at radius 1 is 0.414 bits per heavy atom. The van der Waals surface area contributed by atoms with E-state index in [1.807, 2.05) is 0 Å². The minimum absolute atomic E-state index is 1.10. The lowest BCUT2D eigenvalue weighted by molar-refractivity contribution is 1.62. The fourth-order valence-electron chi connectivity index (χ4n) is 4.64. The second-order valence-electron chi connectivity index (χ2n) is 7.49. The van der Waals surface area contributed by atoms with Crippen LogP contribution < -0.4 is 0 Å². The van der Waals surface area contributed by atoms with E-state index in [4.69, 9.17) is 0 Å². The summed E-state index contributed by atoms with van der Waals surface area (Å²) in [5, 5.41) is 10.5. The maximum absolute atomic E-state index is 3.57. The van der Waals surface area contributed by atoms with Crippen LogP contribution in [0.25, 0.3) is 54.2 Å². The minimum Gasteiger partial charge on any atom is -0.0616 e. The fraction of sp³-hybridized carbons (Fsp3) is 0. The van der Waals surface area contributed by atoms with Gasteiger partial charge in [0.15, 0.2) is 0 Å². The highest BCUT2D eigenvalue weighted by Crippen LogP contribution is 2.42. The SMILES string of the molecule is Brc1ccc(-c2cccc3ccc4c5ccccc5c5ccccc5c4c23)cc1. The van der Waals surface area contributed by atoms with Crippen LogP contribution >= 0.6 is 15.9 Å². The molecule has 0 amide bonds. The zero-order chi connectivity index (χ0) is 19.4. The average molecular weight is 433 g/mol. The van der Waals surface area contributed by atoms with Gasteiger partial charge in [0, 0.05) is 4.47 Å². The maximum atomic E-state index is 3.57. The summed E-state index contributed by atoms with van der Waals surface area (Å²) in [6.07, 6.45) is 0. The Kier molecular flexibility index (Phi) is 3.72. The normalized spacial score (nSPS) is 11.6. The zero-order valence-electron chi connectivity index (χ0n) is 15.7. The van der Waals surface area contributed by atoms with Crippen molar-refractivity contribution in [1.29, 1.82) is 0 Å². The molecule has 6 aromatic carbocycles. The third-order valence-electron chi connectivity index (χ3n) is 5.90. The van der Waals surface area contributed by atoms with Crippen LogP contribution in [0.5, 0.6) is 0 Å². The molecule has 0 atom stereocenters. The molecule has 29 heavy (non-hydrogen) atoms. The van der Waals surface area contributed by atoms with Crippen molar-refractivity contribution in [3.63, 3.8) is 0 Å². The molecule has 0 nitrogen and oxygen atoms in total. The zero-order valence-corrected chi connectivity index (χ0v) is 17.3. The van der Waals surface area contributed by atoms with E-state index in [9.17, 15) is 0 Å². The number of hydrogen-bond donors (Lipinski definition) is 0. The van der Waals surface area contributed by atoms with Gasteiger partial charge in [0.25, 0.3) is 0 Å². The van der Waals surface area contributed by atoms with Gasteiger partial charge in [-0.15, -0.1) is 0 Å². The van der Waals surface area contributed by atoms with Crippen molar-refractivity contribution in [2.45, 2.75) is 0 Å². The highest BCUT2D eigenvalue weighted by atomic mass is 79.9. The van der Waals surface area contributed by atoms with E-state index in [1.165, 1.54) is 54.2 Å². The molecule has 0 aliphatic rings. The predicted octanol–water partition coefficient (Wildman–Crippen LogP) is 8.73. The number of halogens is 1. The Bertz CT molecular complexity index is 1510. The third-order valence-corrected chi connectivity index (χ3v) is 6.43. The first-order valence-electron chi connectivity index (χ1n) is 9.82. The lowest BCUT2D eigenvalue weighted by atomic mass is 9.88. The van der Waals surface area contributed by atoms with Gasteiger partial charge in [-0.3, -0.25) is 0 Å². The van der Waals surface area contributed by atoms with E-state index in [0.29, 0.717) is 0 Å². The van der Waals surface area contributed by atoms with Gasteiger partial charge in [-0.05, 0) is 66.3 Å². The first-order chi connectivity index (χ1) is 14.3. The summed E-state index contributed by atoms with van der Waals surface area (Å²) in [5.74, 6) is 0. The van der Waals surface area contributed by atoms with Crippen LogP contribution in [0.15, 0.2) is 108 Å². The van der Waals surface area contributed by atoms with Crippen molar-refractivity contribution >= 4 is 59.0 Å². The molecule has 0 fully saturated rings. The monoisotopic (exact) mass is 432 g/mol. The van der Waals surface area contributed by atoms with E-state index in [-0.39, 0.29) is 0 Å². The molecule has 6 rings (SSSR count). The van der Waals surface area contributed by atoms with Crippen molar-refractivity contribution in [2.24, 2.45) is 0 Å². The lowest BCUT2D eigenvalue weighted by Gasteiger charge is -2.15. The van der Waals surface area contributed by atoms with E-state index in [1.54, 1.807) is 0 Å². The Hall–Kier alpha value is -3.16. The summed E-state index contributed by atoms with van der Waals surface area (Å²) >= 11 is 3.57. The van der Waals surface area contributed by atoms with Gasteiger partial charge < -0.3 is 0 Å². The summed E-state index contributed by atoms with van der Waals surface area (Å²) in [7, 11) is 0.